The molecule has 0 amide bonds. The first-order valence-electron chi connectivity index (χ1n) is 3.89. The quantitative estimate of drug-likeness (QED) is 0.345. The topological polar surface area (TPSA) is 101 Å². The van der Waals surface area contributed by atoms with E-state index in [1.54, 1.807) is 6.07 Å². The Morgan fingerprint density at radius 2 is 2.19 bits per heavy atom. The second kappa shape index (κ2) is 4.51. The van der Waals surface area contributed by atoms with Crippen LogP contribution in [0.25, 0.3) is 0 Å². The van der Waals surface area contributed by atoms with E-state index in [2.05, 4.69) is 0 Å². The fourth-order valence-corrected chi connectivity index (χ4v) is 1.38. The van der Waals surface area contributed by atoms with Crippen molar-refractivity contribution in [3.8, 4) is 6.07 Å². The number of carbonyl (C=O) groups is 2. The van der Waals surface area contributed by atoms with Crippen molar-refractivity contribution in [2.24, 2.45) is 0 Å². The second-order valence-corrected chi connectivity index (χ2v) is 3.03. The third-order valence-electron chi connectivity index (χ3n) is 1.84. The standard InChI is InChI=1S/C9H3ClN2O4/c10-9(14)7-5(3-11)1-2-6(4-13)8(7)12(15)16/h1-2,4H. The van der Waals surface area contributed by atoms with Gasteiger partial charge in [-0.2, -0.15) is 5.26 Å². The molecule has 0 unspecified atom stereocenters. The molecule has 0 saturated carbocycles. The fraction of sp³-hybridized carbons (Fsp3) is 0. The van der Waals surface area contributed by atoms with Gasteiger partial charge in [0.1, 0.15) is 11.6 Å². The average Bonchev–Trinajstić information content (AvgIpc) is 2.26. The molecule has 0 heterocycles. The van der Waals surface area contributed by atoms with Crippen LogP contribution in [0, 0.1) is 21.4 Å². The van der Waals surface area contributed by atoms with Crippen molar-refractivity contribution in [1.82, 2.24) is 0 Å². The predicted octanol–water partition coefficient (Wildman–Crippen LogP) is 1.66. The summed E-state index contributed by atoms with van der Waals surface area (Å²) in [6.45, 7) is 0. The van der Waals surface area contributed by atoms with Crippen LogP contribution in [0.15, 0.2) is 12.1 Å². The Hall–Kier alpha value is -2.26. The van der Waals surface area contributed by atoms with Gasteiger partial charge in [0.15, 0.2) is 6.29 Å². The highest BCUT2D eigenvalue weighted by molar-refractivity contribution is 6.68. The number of nitriles is 1. The van der Waals surface area contributed by atoms with E-state index < -0.39 is 21.4 Å². The van der Waals surface area contributed by atoms with E-state index in [0.717, 1.165) is 12.1 Å². The normalized spacial score (nSPS) is 9.25. The first-order chi connectivity index (χ1) is 7.52. The minimum atomic E-state index is -1.15. The molecule has 1 rings (SSSR count). The summed E-state index contributed by atoms with van der Waals surface area (Å²) in [5, 5.41) is 18.2. The molecular weight excluding hydrogens is 236 g/mol. The Balaban J connectivity index is 3.75. The number of rotatable bonds is 3. The van der Waals surface area contributed by atoms with Crippen LogP contribution in [0.1, 0.15) is 26.3 Å². The molecule has 16 heavy (non-hydrogen) atoms. The van der Waals surface area contributed by atoms with Crippen molar-refractivity contribution in [1.29, 1.82) is 5.26 Å². The number of benzene rings is 1. The van der Waals surface area contributed by atoms with E-state index in [0.29, 0.717) is 0 Å². The smallest absolute Gasteiger partial charge is 0.293 e. The highest BCUT2D eigenvalue weighted by atomic mass is 35.5. The van der Waals surface area contributed by atoms with Crippen molar-refractivity contribution in [3.05, 3.63) is 38.9 Å². The Bertz CT molecular complexity index is 533. The molecule has 0 aliphatic rings. The molecule has 0 aliphatic heterocycles. The first-order valence-corrected chi connectivity index (χ1v) is 4.27. The van der Waals surface area contributed by atoms with Gasteiger partial charge in [0.2, 0.25) is 0 Å². The number of halogens is 1. The number of nitro groups is 1. The zero-order valence-electron chi connectivity index (χ0n) is 7.64. The highest BCUT2D eigenvalue weighted by Gasteiger charge is 2.27. The van der Waals surface area contributed by atoms with E-state index in [1.807, 2.05) is 0 Å². The number of nitro benzene ring substituents is 1. The fourth-order valence-electron chi connectivity index (χ4n) is 1.19. The van der Waals surface area contributed by atoms with Gasteiger partial charge < -0.3 is 0 Å². The lowest BCUT2D eigenvalue weighted by molar-refractivity contribution is -0.385. The third-order valence-corrected chi connectivity index (χ3v) is 2.02. The highest BCUT2D eigenvalue weighted by Crippen LogP contribution is 2.27. The van der Waals surface area contributed by atoms with Crippen LogP contribution in [0.3, 0.4) is 0 Å². The van der Waals surface area contributed by atoms with Crippen molar-refractivity contribution in [3.63, 3.8) is 0 Å². The van der Waals surface area contributed by atoms with Crippen molar-refractivity contribution in [2.75, 3.05) is 0 Å². The molecule has 0 radical (unpaired) electrons. The van der Waals surface area contributed by atoms with Gasteiger partial charge in [-0.1, -0.05) is 0 Å². The minimum Gasteiger partial charge on any atom is -0.298 e. The van der Waals surface area contributed by atoms with Gasteiger partial charge in [0.25, 0.3) is 10.9 Å². The molecule has 1 aromatic carbocycles. The molecule has 0 fully saturated rings. The maximum absolute atomic E-state index is 11.0. The Labute approximate surface area is 94.2 Å². The summed E-state index contributed by atoms with van der Waals surface area (Å²) in [4.78, 5) is 31.4. The predicted molar refractivity (Wildman–Crippen MR) is 53.4 cm³/mol. The number of hydrogen-bond donors (Lipinski definition) is 0. The van der Waals surface area contributed by atoms with Crippen molar-refractivity contribution >= 4 is 28.8 Å². The monoisotopic (exact) mass is 238 g/mol. The summed E-state index contributed by atoms with van der Waals surface area (Å²) >= 11 is 5.15. The molecule has 0 spiro atoms. The minimum absolute atomic E-state index is 0.225. The maximum atomic E-state index is 11.0. The van der Waals surface area contributed by atoms with Gasteiger partial charge in [0.05, 0.1) is 16.1 Å². The average molecular weight is 239 g/mol. The number of nitrogens with zero attached hydrogens (tertiary/aromatic N) is 2. The third kappa shape index (κ3) is 1.89. The summed E-state index contributed by atoms with van der Waals surface area (Å²) in [7, 11) is 0. The molecule has 7 heteroatoms. The van der Waals surface area contributed by atoms with Crippen LogP contribution in [0.4, 0.5) is 5.69 Å². The molecule has 80 valence electrons. The first kappa shape index (κ1) is 11.8. The molecule has 6 nitrogen and oxygen atoms in total. The zero-order valence-corrected chi connectivity index (χ0v) is 8.39. The number of carbonyl (C=O) groups excluding carboxylic acids is 2. The Morgan fingerprint density at radius 3 is 2.56 bits per heavy atom. The molecule has 0 saturated heterocycles. The molecule has 0 N–H and O–H groups in total. The largest absolute Gasteiger partial charge is 0.298 e. The summed E-state index contributed by atoms with van der Waals surface area (Å²) in [5.41, 5.74) is -1.84. The van der Waals surface area contributed by atoms with Gasteiger partial charge >= 0.3 is 0 Å². The second-order valence-electron chi connectivity index (χ2n) is 2.69. The lowest BCUT2D eigenvalue weighted by Crippen LogP contribution is -2.05. The van der Waals surface area contributed by atoms with Gasteiger partial charge in [-0.25, -0.2) is 0 Å². The van der Waals surface area contributed by atoms with E-state index in [1.165, 1.54) is 0 Å². The summed E-state index contributed by atoms with van der Waals surface area (Å²) < 4.78 is 0. The van der Waals surface area contributed by atoms with Gasteiger partial charge in [-0.05, 0) is 23.7 Å². The van der Waals surface area contributed by atoms with Crippen molar-refractivity contribution < 1.29 is 14.5 Å². The molecule has 0 atom stereocenters. The van der Waals surface area contributed by atoms with Crippen LogP contribution in [-0.2, 0) is 0 Å². The summed E-state index contributed by atoms with van der Waals surface area (Å²) in [6, 6.07) is 3.82. The summed E-state index contributed by atoms with van der Waals surface area (Å²) in [6.07, 6.45) is 0.225. The van der Waals surface area contributed by atoms with Gasteiger partial charge in [-0.3, -0.25) is 19.7 Å². The molecule has 0 bridgehead atoms. The van der Waals surface area contributed by atoms with Crippen LogP contribution in [-0.4, -0.2) is 16.5 Å². The van der Waals surface area contributed by atoms with Gasteiger partial charge in [-0.15, -0.1) is 0 Å². The Morgan fingerprint density at radius 1 is 1.56 bits per heavy atom. The van der Waals surface area contributed by atoms with Crippen molar-refractivity contribution in [2.45, 2.75) is 0 Å². The lowest BCUT2D eigenvalue weighted by atomic mass is 10.0. The van der Waals surface area contributed by atoms with Crippen LogP contribution < -0.4 is 0 Å². The van der Waals surface area contributed by atoms with Crippen LogP contribution in [0.2, 0.25) is 0 Å². The SMILES string of the molecule is N#Cc1ccc(C=O)c([N+](=O)[O-])c1C(=O)Cl. The van der Waals surface area contributed by atoms with Gasteiger partial charge in [0, 0.05) is 0 Å². The molecule has 0 aliphatic carbocycles. The summed E-state index contributed by atoms with van der Waals surface area (Å²) in [5.74, 6) is 0. The molecular formula is C9H3ClN2O4. The number of aldehydes is 1. The van der Waals surface area contributed by atoms with E-state index in [9.17, 15) is 19.7 Å². The molecule has 0 aromatic heterocycles. The van der Waals surface area contributed by atoms with E-state index >= 15 is 0 Å². The number of hydrogen-bond acceptors (Lipinski definition) is 5. The molecule has 1 aromatic rings. The van der Waals surface area contributed by atoms with Crippen LogP contribution >= 0.6 is 11.6 Å². The van der Waals surface area contributed by atoms with E-state index in [4.69, 9.17) is 16.9 Å². The zero-order chi connectivity index (χ0) is 12.3. The maximum Gasteiger partial charge on any atom is 0.293 e. The lowest BCUT2D eigenvalue weighted by Gasteiger charge is -2.02. The Kier molecular flexibility index (Phi) is 3.33. The van der Waals surface area contributed by atoms with E-state index in [-0.39, 0.29) is 17.4 Å². The van der Waals surface area contributed by atoms with Crippen LogP contribution in [0.5, 0.6) is 0 Å².